The number of anilines is 1. The molecular weight excluding hydrogens is 294 g/mol. The van der Waals surface area contributed by atoms with Gasteiger partial charge in [-0.05, 0) is 37.6 Å². The summed E-state index contributed by atoms with van der Waals surface area (Å²) in [5, 5.41) is 0. The van der Waals surface area contributed by atoms with Gasteiger partial charge >= 0.3 is 0 Å². The Hall–Kier alpha value is -2.29. The maximum absolute atomic E-state index is 4.74. The zero-order valence-corrected chi connectivity index (χ0v) is 14.8. The molecule has 0 unspecified atom stereocenters. The lowest BCUT2D eigenvalue weighted by Gasteiger charge is -2.24. The number of para-hydroxylation sites is 2. The number of hydrogen-bond acceptors (Lipinski definition) is 2. The molecule has 0 radical (unpaired) electrons. The molecule has 24 heavy (non-hydrogen) atoms. The molecule has 1 aromatic heterocycles. The third-order valence-electron chi connectivity index (χ3n) is 4.46. The van der Waals surface area contributed by atoms with Crippen molar-refractivity contribution in [3.05, 3.63) is 59.9 Å². The molecule has 0 saturated carbocycles. The fourth-order valence-corrected chi connectivity index (χ4v) is 3.05. The first-order valence-corrected chi connectivity index (χ1v) is 9.01. The van der Waals surface area contributed by atoms with E-state index in [0.717, 1.165) is 29.9 Å². The predicted octanol–water partition coefficient (Wildman–Crippen LogP) is 5.46. The summed E-state index contributed by atoms with van der Waals surface area (Å²) in [6.45, 7) is 6.28. The topological polar surface area (TPSA) is 31.9 Å². The number of imidazole rings is 1. The van der Waals surface area contributed by atoms with Crippen LogP contribution in [0.25, 0.3) is 11.0 Å². The highest BCUT2D eigenvalue weighted by Crippen LogP contribution is 2.20. The molecule has 126 valence electrons. The van der Waals surface area contributed by atoms with Crippen LogP contribution in [0.15, 0.2) is 48.5 Å². The lowest BCUT2D eigenvalue weighted by atomic mass is 10.1. The van der Waals surface area contributed by atoms with Crippen LogP contribution in [0.4, 0.5) is 5.69 Å². The van der Waals surface area contributed by atoms with E-state index in [1.54, 1.807) is 0 Å². The van der Waals surface area contributed by atoms with Gasteiger partial charge in [0.25, 0.3) is 0 Å². The Balaban J connectivity index is 1.76. The maximum atomic E-state index is 4.74. The molecule has 0 amide bonds. The normalized spacial score (nSPS) is 11.1. The number of aryl methyl sites for hydroxylation is 1. The summed E-state index contributed by atoms with van der Waals surface area (Å²) in [5.41, 5.74) is 4.73. The van der Waals surface area contributed by atoms with Gasteiger partial charge in [0.05, 0.1) is 17.6 Å². The molecule has 3 heteroatoms. The number of fused-ring (bicyclic) bond motifs is 1. The third kappa shape index (κ3) is 4.16. The van der Waals surface area contributed by atoms with Crippen LogP contribution >= 0.6 is 0 Å². The van der Waals surface area contributed by atoms with Gasteiger partial charge in [-0.1, -0.05) is 56.0 Å². The van der Waals surface area contributed by atoms with E-state index in [9.17, 15) is 0 Å². The van der Waals surface area contributed by atoms with Gasteiger partial charge in [-0.25, -0.2) is 4.98 Å². The van der Waals surface area contributed by atoms with Crippen molar-refractivity contribution in [3.63, 3.8) is 0 Å². The van der Waals surface area contributed by atoms with E-state index in [0.29, 0.717) is 0 Å². The largest absolute Gasteiger partial charge is 0.364 e. The summed E-state index contributed by atoms with van der Waals surface area (Å²) in [6.07, 6.45) is 5.10. The van der Waals surface area contributed by atoms with Crippen LogP contribution < -0.4 is 4.90 Å². The molecule has 1 N–H and O–H groups in total. The Morgan fingerprint density at radius 3 is 2.50 bits per heavy atom. The Morgan fingerprint density at radius 2 is 1.75 bits per heavy atom. The quantitative estimate of drug-likeness (QED) is 0.559. The van der Waals surface area contributed by atoms with E-state index in [-0.39, 0.29) is 0 Å². The summed E-state index contributed by atoms with van der Waals surface area (Å²) in [4.78, 5) is 10.6. The number of hydrogen-bond donors (Lipinski definition) is 1. The summed E-state index contributed by atoms with van der Waals surface area (Å²) in [7, 11) is 0. The lowest BCUT2D eigenvalue weighted by Crippen LogP contribution is -2.24. The molecule has 0 aliphatic heterocycles. The van der Waals surface area contributed by atoms with Crippen molar-refractivity contribution in [2.75, 3.05) is 11.4 Å². The van der Waals surface area contributed by atoms with Crippen LogP contribution in [0.5, 0.6) is 0 Å². The van der Waals surface area contributed by atoms with E-state index in [1.807, 2.05) is 12.1 Å². The molecule has 0 aliphatic carbocycles. The molecule has 0 saturated heterocycles. The Bertz CT molecular complexity index is 725. The smallest absolute Gasteiger partial charge is 0.126 e. The minimum absolute atomic E-state index is 0.823. The van der Waals surface area contributed by atoms with Crippen molar-refractivity contribution in [1.82, 2.24) is 9.97 Å². The molecule has 0 bridgehead atoms. The molecule has 2 aromatic carbocycles. The Morgan fingerprint density at radius 1 is 0.958 bits per heavy atom. The van der Waals surface area contributed by atoms with Gasteiger partial charge in [0.1, 0.15) is 5.82 Å². The molecule has 3 aromatic rings. The average Bonchev–Trinajstić information content (AvgIpc) is 3.01. The number of rotatable bonds is 8. The minimum Gasteiger partial charge on any atom is -0.364 e. The fourth-order valence-electron chi connectivity index (χ4n) is 3.05. The number of aromatic amines is 1. The molecule has 0 aliphatic rings. The highest BCUT2D eigenvalue weighted by Gasteiger charge is 2.10. The summed E-state index contributed by atoms with van der Waals surface area (Å²) >= 11 is 0. The maximum Gasteiger partial charge on any atom is 0.126 e. The van der Waals surface area contributed by atoms with Crippen LogP contribution in [-0.4, -0.2) is 16.5 Å². The molecule has 3 nitrogen and oxygen atoms in total. The molecular formula is C21H27N3. The lowest BCUT2D eigenvalue weighted by molar-refractivity contribution is 0.637. The van der Waals surface area contributed by atoms with Crippen molar-refractivity contribution < 1.29 is 0 Å². The first kappa shape index (κ1) is 16.6. The van der Waals surface area contributed by atoms with Crippen molar-refractivity contribution in [2.45, 2.75) is 46.1 Å². The number of nitrogens with zero attached hydrogens (tertiary/aromatic N) is 2. The molecule has 1 heterocycles. The van der Waals surface area contributed by atoms with Crippen LogP contribution in [0, 0.1) is 6.92 Å². The fraction of sp³-hybridized carbons (Fsp3) is 0.381. The van der Waals surface area contributed by atoms with Crippen molar-refractivity contribution in [2.24, 2.45) is 0 Å². The van der Waals surface area contributed by atoms with Crippen LogP contribution in [0.2, 0.25) is 0 Å². The van der Waals surface area contributed by atoms with Gasteiger partial charge < -0.3 is 9.88 Å². The first-order chi connectivity index (χ1) is 11.8. The van der Waals surface area contributed by atoms with E-state index in [4.69, 9.17) is 4.98 Å². The van der Waals surface area contributed by atoms with Gasteiger partial charge in [0.2, 0.25) is 0 Å². The second kappa shape index (κ2) is 8.00. The minimum atomic E-state index is 0.823. The van der Waals surface area contributed by atoms with Gasteiger partial charge in [0, 0.05) is 12.2 Å². The standard InChI is InChI=1S/C21H27N3/c1-3-4-5-8-15-24(18-13-11-17(2)12-14-18)16-21-22-19-9-6-7-10-20(19)23-21/h6-7,9-14H,3-5,8,15-16H2,1-2H3,(H,22,23). The molecule has 0 spiro atoms. The van der Waals surface area contributed by atoms with Crippen molar-refractivity contribution in [3.8, 4) is 0 Å². The highest BCUT2D eigenvalue weighted by molar-refractivity contribution is 5.74. The number of nitrogens with one attached hydrogen (secondary N) is 1. The monoisotopic (exact) mass is 321 g/mol. The second-order valence-corrected chi connectivity index (χ2v) is 6.52. The van der Waals surface area contributed by atoms with Gasteiger partial charge in [0.15, 0.2) is 0 Å². The molecule has 0 atom stereocenters. The third-order valence-corrected chi connectivity index (χ3v) is 4.46. The van der Waals surface area contributed by atoms with E-state index >= 15 is 0 Å². The molecule has 0 fully saturated rings. The SMILES string of the molecule is CCCCCCN(Cc1nc2ccccc2[nH]1)c1ccc(C)cc1. The number of H-pyrrole nitrogens is 1. The summed E-state index contributed by atoms with van der Waals surface area (Å²) in [5.74, 6) is 1.03. The zero-order chi connectivity index (χ0) is 16.8. The van der Waals surface area contributed by atoms with Gasteiger partial charge in [-0.15, -0.1) is 0 Å². The Labute approximate surface area is 144 Å². The van der Waals surface area contributed by atoms with Crippen LogP contribution in [0.3, 0.4) is 0 Å². The van der Waals surface area contributed by atoms with Crippen LogP contribution in [0.1, 0.15) is 44.0 Å². The van der Waals surface area contributed by atoms with Gasteiger partial charge in [-0.2, -0.15) is 0 Å². The predicted molar refractivity (Wildman–Crippen MR) is 102 cm³/mol. The summed E-state index contributed by atoms with van der Waals surface area (Å²) < 4.78 is 0. The number of aromatic nitrogens is 2. The van der Waals surface area contributed by atoms with E-state index < -0.39 is 0 Å². The highest BCUT2D eigenvalue weighted by atomic mass is 15.2. The van der Waals surface area contributed by atoms with E-state index in [1.165, 1.54) is 36.9 Å². The average molecular weight is 321 g/mol. The number of benzene rings is 2. The number of unbranched alkanes of at least 4 members (excludes halogenated alkanes) is 3. The Kier molecular flexibility index (Phi) is 5.52. The van der Waals surface area contributed by atoms with Crippen molar-refractivity contribution in [1.29, 1.82) is 0 Å². The van der Waals surface area contributed by atoms with Crippen LogP contribution in [-0.2, 0) is 6.54 Å². The zero-order valence-electron chi connectivity index (χ0n) is 14.8. The first-order valence-electron chi connectivity index (χ1n) is 9.01. The molecule has 3 rings (SSSR count). The van der Waals surface area contributed by atoms with Crippen molar-refractivity contribution >= 4 is 16.7 Å². The van der Waals surface area contributed by atoms with E-state index in [2.05, 4.69) is 60.1 Å². The van der Waals surface area contributed by atoms with Gasteiger partial charge in [-0.3, -0.25) is 0 Å². The summed E-state index contributed by atoms with van der Waals surface area (Å²) in [6, 6.07) is 17.0. The second-order valence-electron chi connectivity index (χ2n) is 6.52.